The lowest BCUT2D eigenvalue weighted by Crippen LogP contribution is -2.28. The summed E-state index contributed by atoms with van der Waals surface area (Å²) >= 11 is 0. The van der Waals surface area contributed by atoms with Crippen molar-refractivity contribution in [3.63, 3.8) is 0 Å². The molecule has 0 aromatic heterocycles. The first-order chi connectivity index (χ1) is 14.0. The van der Waals surface area contributed by atoms with E-state index in [-0.39, 0.29) is 38.7 Å². The van der Waals surface area contributed by atoms with Crippen LogP contribution in [0.2, 0.25) is 0 Å². The lowest BCUT2D eigenvalue weighted by Gasteiger charge is -2.14. The summed E-state index contributed by atoms with van der Waals surface area (Å²) in [6, 6.07) is 15.7. The van der Waals surface area contributed by atoms with Crippen molar-refractivity contribution in [3.8, 4) is 11.1 Å². The molecule has 0 saturated heterocycles. The highest BCUT2D eigenvalue weighted by atomic mass is 16.5. The number of hydrogen-bond acceptors (Lipinski definition) is 6. The Morgan fingerprint density at radius 2 is 1.52 bits per heavy atom. The van der Waals surface area contributed by atoms with Gasteiger partial charge >= 0.3 is 12.1 Å². The van der Waals surface area contributed by atoms with Crippen molar-refractivity contribution in [2.75, 3.05) is 26.4 Å². The lowest BCUT2D eigenvalue weighted by atomic mass is 9.98. The Hall–Kier alpha value is -2.94. The Morgan fingerprint density at radius 1 is 1.00 bits per heavy atom. The number of nitrogens with one attached hydrogen (secondary N) is 1. The van der Waals surface area contributed by atoms with Gasteiger partial charge in [-0.3, -0.25) is 4.79 Å². The minimum Gasteiger partial charge on any atom is -0.481 e. The first-order valence-electron chi connectivity index (χ1n) is 9.25. The highest BCUT2D eigenvalue weighted by Crippen LogP contribution is 2.44. The van der Waals surface area contributed by atoms with Crippen LogP contribution in [0.25, 0.3) is 11.1 Å². The second-order valence-corrected chi connectivity index (χ2v) is 6.52. The molecule has 8 heteroatoms. The third kappa shape index (κ3) is 6.28. The summed E-state index contributed by atoms with van der Waals surface area (Å²) in [5, 5.41) is 27.1. The molecule has 6 N–H and O–H groups in total. The van der Waals surface area contributed by atoms with E-state index in [4.69, 9.17) is 25.8 Å². The highest BCUT2D eigenvalue weighted by Gasteiger charge is 2.28. The number of fused-ring (bicyclic) bond motifs is 3. The maximum Gasteiger partial charge on any atom is 0.407 e. The molecule has 0 unspecified atom stereocenters. The maximum atomic E-state index is 11.7. The van der Waals surface area contributed by atoms with Crippen LogP contribution in [-0.4, -0.2) is 59.8 Å². The predicted octanol–water partition coefficient (Wildman–Crippen LogP) is 1.30. The molecule has 29 heavy (non-hydrogen) atoms. The van der Waals surface area contributed by atoms with Crippen LogP contribution < -0.4 is 11.1 Å². The Labute approximate surface area is 168 Å². The third-order valence-electron chi connectivity index (χ3n) is 4.42. The van der Waals surface area contributed by atoms with Crippen LogP contribution in [0.5, 0.6) is 0 Å². The van der Waals surface area contributed by atoms with Crippen molar-refractivity contribution in [2.45, 2.75) is 18.4 Å². The molecular formula is C21H26N2O6. The number of nitrogens with two attached hydrogens (primary N) is 1. The van der Waals surface area contributed by atoms with Gasteiger partial charge in [-0.05, 0) is 22.3 Å². The molecule has 1 aliphatic carbocycles. The minimum absolute atomic E-state index is 0.00706. The van der Waals surface area contributed by atoms with Gasteiger partial charge in [0.2, 0.25) is 0 Å². The van der Waals surface area contributed by atoms with Gasteiger partial charge in [0.25, 0.3) is 0 Å². The summed E-state index contributed by atoms with van der Waals surface area (Å²) in [4.78, 5) is 22.1. The lowest BCUT2D eigenvalue weighted by molar-refractivity contribution is -0.136. The number of rotatable bonds is 7. The van der Waals surface area contributed by atoms with Gasteiger partial charge < -0.3 is 31.1 Å². The molecule has 0 spiro atoms. The Balaban J connectivity index is 0.000000438. The Bertz CT molecular complexity index is 777. The van der Waals surface area contributed by atoms with Gasteiger partial charge in [0, 0.05) is 12.5 Å². The van der Waals surface area contributed by atoms with E-state index in [1.165, 1.54) is 11.1 Å². The number of aliphatic hydroxyl groups is 2. The van der Waals surface area contributed by atoms with Crippen LogP contribution in [0.15, 0.2) is 48.5 Å². The molecule has 0 heterocycles. The molecule has 0 bridgehead atoms. The van der Waals surface area contributed by atoms with Crippen LogP contribution in [0.1, 0.15) is 23.5 Å². The monoisotopic (exact) mass is 402 g/mol. The van der Waals surface area contributed by atoms with Crippen molar-refractivity contribution < 1.29 is 29.6 Å². The van der Waals surface area contributed by atoms with Crippen LogP contribution in [0.3, 0.4) is 0 Å². The summed E-state index contributed by atoms with van der Waals surface area (Å²) in [7, 11) is 0. The summed E-state index contributed by atoms with van der Waals surface area (Å²) in [5.74, 6) is -0.948. The molecule has 1 amide bonds. The molecule has 8 nitrogen and oxygen atoms in total. The molecular weight excluding hydrogens is 376 g/mol. The predicted molar refractivity (Wildman–Crippen MR) is 107 cm³/mol. The van der Waals surface area contributed by atoms with E-state index < -0.39 is 18.1 Å². The van der Waals surface area contributed by atoms with Gasteiger partial charge in [0.1, 0.15) is 6.61 Å². The van der Waals surface area contributed by atoms with Gasteiger partial charge in [-0.15, -0.1) is 0 Å². The number of aliphatic hydroxyl groups excluding tert-OH is 2. The first kappa shape index (κ1) is 22.4. The van der Waals surface area contributed by atoms with E-state index in [1.807, 2.05) is 36.4 Å². The average Bonchev–Trinajstić information content (AvgIpc) is 3.05. The number of amides is 1. The molecule has 0 saturated carbocycles. The van der Waals surface area contributed by atoms with E-state index in [1.54, 1.807) is 0 Å². The van der Waals surface area contributed by atoms with Crippen molar-refractivity contribution in [1.82, 2.24) is 5.32 Å². The van der Waals surface area contributed by atoms with E-state index in [9.17, 15) is 9.59 Å². The fourth-order valence-electron chi connectivity index (χ4n) is 2.98. The second kappa shape index (κ2) is 11.2. The van der Waals surface area contributed by atoms with Gasteiger partial charge in [0.15, 0.2) is 0 Å². The molecule has 0 fully saturated rings. The second-order valence-electron chi connectivity index (χ2n) is 6.52. The third-order valence-corrected chi connectivity index (χ3v) is 4.42. The molecule has 2 aromatic carbocycles. The van der Waals surface area contributed by atoms with E-state index in [0.29, 0.717) is 0 Å². The number of ether oxygens (including phenoxy) is 1. The van der Waals surface area contributed by atoms with Gasteiger partial charge in [-0.25, -0.2) is 4.79 Å². The van der Waals surface area contributed by atoms with E-state index >= 15 is 0 Å². The first-order valence-corrected chi connectivity index (χ1v) is 9.25. The van der Waals surface area contributed by atoms with Crippen molar-refractivity contribution >= 4 is 12.1 Å². The SMILES string of the molecule is NC(CO)CO.O=C(O)CCNC(=O)OCC1c2ccccc2-c2ccccc21. The largest absolute Gasteiger partial charge is 0.481 e. The van der Waals surface area contributed by atoms with E-state index in [2.05, 4.69) is 17.4 Å². The number of benzene rings is 2. The van der Waals surface area contributed by atoms with E-state index in [0.717, 1.165) is 11.1 Å². The molecule has 1 aliphatic rings. The van der Waals surface area contributed by atoms with Crippen molar-refractivity contribution in [1.29, 1.82) is 0 Å². The zero-order valence-electron chi connectivity index (χ0n) is 16.0. The highest BCUT2D eigenvalue weighted by molar-refractivity contribution is 5.79. The number of carboxylic acid groups (broad SMARTS) is 1. The van der Waals surface area contributed by atoms with Crippen LogP contribution in [0, 0.1) is 0 Å². The van der Waals surface area contributed by atoms with Gasteiger partial charge in [-0.2, -0.15) is 0 Å². The Kier molecular flexibility index (Phi) is 8.60. The van der Waals surface area contributed by atoms with Gasteiger partial charge in [0.05, 0.1) is 25.7 Å². The summed E-state index contributed by atoms with van der Waals surface area (Å²) in [5.41, 5.74) is 9.60. The molecule has 0 atom stereocenters. The van der Waals surface area contributed by atoms with Crippen molar-refractivity contribution in [2.24, 2.45) is 5.73 Å². The number of carbonyl (C=O) groups excluding carboxylic acids is 1. The normalized spacial score (nSPS) is 11.9. The zero-order chi connectivity index (χ0) is 21.2. The molecule has 156 valence electrons. The average molecular weight is 402 g/mol. The standard InChI is InChI=1S/C18H17NO4.C3H9NO2/c20-17(21)9-10-19-18(22)23-11-16-14-7-3-1-5-12(14)13-6-2-4-8-15(13)16;4-3(1-5)2-6/h1-8,16H,9-11H2,(H,19,22)(H,20,21);3,5-6H,1-2,4H2. The summed E-state index contributed by atoms with van der Waals surface area (Å²) in [6.45, 7) is 0.00589. The van der Waals surface area contributed by atoms with Crippen LogP contribution in [0.4, 0.5) is 4.79 Å². The molecule has 0 radical (unpaired) electrons. The smallest absolute Gasteiger partial charge is 0.407 e. The molecule has 2 aromatic rings. The summed E-state index contributed by atoms with van der Waals surface area (Å²) < 4.78 is 5.28. The maximum absolute atomic E-state index is 11.7. The van der Waals surface area contributed by atoms with Gasteiger partial charge in [-0.1, -0.05) is 48.5 Å². The number of carbonyl (C=O) groups is 2. The number of aliphatic carboxylic acids is 1. The topological polar surface area (TPSA) is 142 Å². The number of hydrogen-bond donors (Lipinski definition) is 5. The van der Waals surface area contributed by atoms with Crippen molar-refractivity contribution in [3.05, 3.63) is 59.7 Å². The zero-order valence-corrected chi connectivity index (χ0v) is 16.0. The number of carboxylic acids is 1. The fraction of sp³-hybridized carbons (Fsp3) is 0.333. The minimum atomic E-state index is -0.955. The van der Waals surface area contributed by atoms with Crippen LogP contribution in [-0.2, 0) is 9.53 Å². The quantitative estimate of drug-likeness (QED) is 0.470. The molecule has 0 aliphatic heterocycles. The fourth-order valence-corrected chi connectivity index (χ4v) is 2.98. The number of alkyl carbamates (subject to hydrolysis) is 1. The summed E-state index contributed by atoms with van der Waals surface area (Å²) in [6.07, 6.45) is -0.711. The molecule has 3 rings (SSSR count). The van der Waals surface area contributed by atoms with Crippen LogP contribution >= 0.6 is 0 Å². The Morgan fingerprint density at radius 3 is 1.97 bits per heavy atom.